The van der Waals surface area contributed by atoms with Crippen LogP contribution in [0.4, 0.5) is 10.1 Å². The minimum Gasteiger partial charge on any atom is -0.398 e. The van der Waals surface area contributed by atoms with Gasteiger partial charge in [-0.05, 0) is 26.0 Å². The number of ketones is 1. The van der Waals surface area contributed by atoms with E-state index in [0.717, 1.165) is 0 Å². The van der Waals surface area contributed by atoms with Crippen LogP contribution in [0.5, 0.6) is 0 Å². The van der Waals surface area contributed by atoms with Gasteiger partial charge in [0, 0.05) is 35.8 Å². The van der Waals surface area contributed by atoms with E-state index in [1.807, 2.05) is 6.92 Å². The number of hydrogen-bond donors (Lipinski definition) is 1. The summed E-state index contributed by atoms with van der Waals surface area (Å²) in [5, 5.41) is 0. The number of anilines is 1. The Bertz CT molecular complexity index is 581. The van der Waals surface area contributed by atoms with E-state index in [1.54, 1.807) is 23.9 Å². The van der Waals surface area contributed by atoms with Crippen LogP contribution in [0.15, 0.2) is 24.5 Å². The van der Waals surface area contributed by atoms with Crippen molar-refractivity contribution in [3.8, 4) is 0 Å². The molecular weight excluding hydrogens is 233 g/mol. The van der Waals surface area contributed by atoms with Crippen LogP contribution in [0, 0.1) is 12.7 Å². The molecule has 2 rings (SSSR count). The Kier molecular flexibility index (Phi) is 3.14. The Morgan fingerprint density at radius 3 is 2.83 bits per heavy atom. The number of halogens is 1. The van der Waals surface area contributed by atoms with Gasteiger partial charge >= 0.3 is 0 Å². The highest BCUT2D eigenvalue weighted by atomic mass is 19.1. The van der Waals surface area contributed by atoms with Crippen LogP contribution < -0.4 is 5.73 Å². The zero-order valence-corrected chi connectivity index (χ0v) is 10.3. The average molecular weight is 247 g/mol. The lowest BCUT2D eigenvalue weighted by atomic mass is 10.1. The summed E-state index contributed by atoms with van der Waals surface area (Å²) in [4.78, 5) is 16.2. The number of hydrogen-bond acceptors (Lipinski definition) is 3. The number of imidazole rings is 1. The fourth-order valence-electron chi connectivity index (χ4n) is 1.73. The maximum absolute atomic E-state index is 13.6. The van der Waals surface area contributed by atoms with Crippen LogP contribution in [0.25, 0.3) is 0 Å². The minimum atomic E-state index is -0.479. The van der Waals surface area contributed by atoms with Crippen LogP contribution >= 0.6 is 0 Å². The van der Waals surface area contributed by atoms with Gasteiger partial charge in [-0.1, -0.05) is 0 Å². The lowest BCUT2D eigenvalue weighted by Crippen LogP contribution is -2.11. The Morgan fingerprint density at radius 1 is 1.50 bits per heavy atom. The van der Waals surface area contributed by atoms with Crippen LogP contribution in [-0.4, -0.2) is 15.3 Å². The maximum Gasteiger partial charge on any atom is 0.228 e. The molecule has 0 saturated heterocycles. The van der Waals surface area contributed by atoms with Crippen molar-refractivity contribution in [3.05, 3.63) is 47.3 Å². The van der Waals surface area contributed by atoms with Gasteiger partial charge < -0.3 is 10.3 Å². The zero-order valence-electron chi connectivity index (χ0n) is 10.3. The van der Waals surface area contributed by atoms with E-state index in [9.17, 15) is 9.18 Å². The summed E-state index contributed by atoms with van der Waals surface area (Å²) in [5.41, 5.74) is 6.51. The highest BCUT2D eigenvalue weighted by Crippen LogP contribution is 2.19. The fraction of sp³-hybridized carbons (Fsp3) is 0.231. The molecule has 18 heavy (non-hydrogen) atoms. The number of nitrogens with two attached hydrogens (primary N) is 1. The van der Waals surface area contributed by atoms with Crippen LogP contribution in [-0.2, 0) is 6.54 Å². The van der Waals surface area contributed by atoms with Crippen molar-refractivity contribution in [3.63, 3.8) is 0 Å². The first-order valence-corrected chi connectivity index (χ1v) is 5.66. The van der Waals surface area contributed by atoms with E-state index in [0.29, 0.717) is 17.9 Å². The zero-order chi connectivity index (χ0) is 13.3. The molecule has 0 spiro atoms. The SMILES string of the molecule is CCn1ccnc1C(=O)c1cc(N)c(C)c(F)c1. The smallest absolute Gasteiger partial charge is 0.228 e. The Balaban J connectivity index is 2.47. The van der Waals surface area contributed by atoms with Gasteiger partial charge in [0.15, 0.2) is 5.82 Å². The second-order valence-electron chi connectivity index (χ2n) is 4.04. The Labute approximate surface area is 104 Å². The number of carbonyl (C=O) groups excluding carboxylic acids is 1. The van der Waals surface area contributed by atoms with E-state index >= 15 is 0 Å². The predicted molar refractivity (Wildman–Crippen MR) is 66.9 cm³/mol. The largest absolute Gasteiger partial charge is 0.398 e. The fourth-order valence-corrected chi connectivity index (χ4v) is 1.73. The topological polar surface area (TPSA) is 60.9 Å². The molecule has 1 aromatic heterocycles. The first-order valence-electron chi connectivity index (χ1n) is 5.66. The van der Waals surface area contributed by atoms with Gasteiger partial charge in [0.2, 0.25) is 5.78 Å². The number of nitrogens with zero attached hydrogens (tertiary/aromatic N) is 2. The van der Waals surface area contributed by atoms with Crippen molar-refractivity contribution in [2.24, 2.45) is 0 Å². The minimum absolute atomic E-state index is 0.219. The monoisotopic (exact) mass is 247 g/mol. The number of benzene rings is 1. The van der Waals surface area contributed by atoms with Gasteiger partial charge in [-0.15, -0.1) is 0 Å². The number of rotatable bonds is 3. The van der Waals surface area contributed by atoms with Gasteiger partial charge in [-0.25, -0.2) is 9.37 Å². The molecule has 0 atom stereocenters. The summed E-state index contributed by atoms with van der Waals surface area (Å²) < 4.78 is 15.3. The second kappa shape index (κ2) is 4.60. The van der Waals surface area contributed by atoms with Gasteiger partial charge in [0.25, 0.3) is 0 Å². The van der Waals surface area contributed by atoms with E-state index in [1.165, 1.54) is 12.1 Å². The number of nitrogen functional groups attached to an aromatic ring is 1. The molecule has 0 unspecified atom stereocenters. The number of aromatic nitrogens is 2. The van der Waals surface area contributed by atoms with Crippen molar-refractivity contribution in [2.45, 2.75) is 20.4 Å². The van der Waals surface area contributed by atoms with Gasteiger partial charge in [-0.2, -0.15) is 0 Å². The quantitative estimate of drug-likeness (QED) is 0.668. The van der Waals surface area contributed by atoms with E-state index in [-0.39, 0.29) is 17.0 Å². The van der Waals surface area contributed by atoms with Gasteiger partial charge in [0.05, 0.1) is 0 Å². The summed E-state index contributed by atoms with van der Waals surface area (Å²) in [6.07, 6.45) is 3.26. The van der Waals surface area contributed by atoms with Crippen molar-refractivity contribution in [2.75, 3.05) is 5.73 Å². The Morgan fingerprint density at radius 2 is 2.22 bits per heavy atom. The molecule has 4 nitrogen and oxygen atoms in total. The molecular formula is C13H14FN3O. The predicted octanol–water partition coefficient (Wildman–Crippen LogP) is 2.16. The third-order valence-corrected chi connectivity index (χ3v) is 2.91. The third kappa shape index (κ3) is 1.99. The first kappa shape index (κ1) is 12.3. The molecule has 0 radical (unpaired) electrons. The summed E-state index contributed by atoms with van der Waals surface area (Å²) in [5.74, 6) is -0.513. The number of carbonyl (C=O) groups is 1. The lowest BCUT2D eigenvalue weighted by molar-refractivity contribution is 0.102. The molecule has 0 aliphatic heterocycles. The molecule has 0 saturated carbocycles. The van der Waals surface area contributed by atoms with Crippen molar-refractivity contribution in [1.82, 2.24) is 9.55 Å². The molecule has 0 aliphatic rings. The molecule has 0 bridgehead atoms. The van der Waals surface area contributed by atoms with E-state index in [2.05, 4.69) is 4.98 Å². The van der Waals surface area contributed by atoms with Crippen molar-refractivity contribution < 1.29 is 9.18 Å². The summed E-state index contributed by atoms with van der Waals surface area (Å²) in [6.45, 7) is 4.11. The first-order chi connectivity index (χ1) is 8.54. The van der Waals surface area contributed by atoms with Crippen LogP contribution in [0.2, 0.25) is 0 Å². The van der Waals surface area contributed by atoms with Gasteiger partial charge in [-0.3, -0.25) is 4.79 Å². The summed E-state index contributed by atoms with van der Waals surface area (Å²) in [7, 11) is 0. The maximum atomic E-state index is 13.6. The van der Waals surface area contributed by atoms with Gasteiger partial charge in [0.1, 0.15) is 5.82 Å². The Hall–Kier alpha value is -2.17. The molecule has 0 aliphatic carbocycles. The molecule has 2 aromatic rings. The van der Waals surface area contributed by atoms with E-state index in [4.69, 9.17) is 5.73 Å². The standard InChI is InChI=1S/C13H14FN3O/c1-3-17-5-4-16-13(17)12(18)9-6-10(14)8(2)11(15)7-9/h4-7H,3,15H2,1-2H3. The van der Waals surface area contributed by atoms with Crippen molar-refractivity contribution in [1.29, 1.82) is 0 Å². The second-order valence-corrected chi connectivity index (χ2v) is 4.04. The third-order valence-electron chi connectivity index (χ3n) is 2.91. The van der Waals surface area contributed by atoms with Crippen molar-refractivity contribution >= 4 is 11.5 Å². The molecule has 0 amide bonds. The molecule has 2 N–H and O–H groups in total. The lowest BCUT2D eigenvalue weighted by Gasteiger charge is -2.07. The summed E-state index contributed by atoms with van der Waals surface area (Å²) >= 11 is 0. The highest BCUT2D eigenvalue weighted by Gasteiger charge is 2.17. The molecule has 1 heterocycles. The molecule has 0 fully saturated rings. The molecule has 94 valence electrons. The highest BCUT2D eigenvalue weighted by molar-refractivity contribution is 6.07. The molecule has 1 aromatic carbocycles. The molecule has 5 heteroatoms. The van der Waals surface area contributed by atoms with Crippen LogP contribution in [0.3, 0.4) is 0 Å². The average Bonchev–Trinajstić information content (AvgIpc) is 2.82. The summed E-state index contributed by atoms with van der Waals surface area (Å²) in [6, 6.07) is 2.68. The van der Waals surface area contributed by atoms with Crippen LogP contribution in [0.1, 0.15) is 28.7 Å². The number of aryl methyl sites for hydroxylation is 1. The normalized spacial score (nSPS) is 10.6. The van der Waals surface area contributed by atoms with E-state index < -0.39 is 5.82 Å².